The van der Waals surface area contributed by atoms with E-state index < -0.39 is 5.91 Å². The highest BCUT2D eigenvalue weighted by Crippen LogP contribution is 2.35. The smallest absolute Gasteiger partial charge is 0.250 e. The number of benzene rings is 1. The summed E-state index contributed by atoms with van der Waals surface area (Å²) in [6.07, 6.45) is 4.83. The molecule has 110 valence electrons. The summed E-state index contributed by atoms with van der Waals surface area (Å²) in [6, 6.07) is 5.89. The fourth-order valence-corrected chi connectivity index (χ4v) is 3.11. The van der Waals surface area contributed by atoms with E-state index in [9.17, 15) is 4.79 Å². The molecule has 20 heavy (non-hydrogen) atoms. The van der Waals surface area contributed by atoms with Gasteiger partial charge in [-0.15, -0.1) is 0 Å². The highest BCUT2D eigenvalue weighted by Gasteiger charge is 2.27. The van der Waals surface area contributed by atoms with Crippen molar-refractivity contribution in [3.05, 3.63) is 23.8 Å². The van der Waals surface area contributed by atoms with Gasteiger partial charge in [0.15, 0.2) is 0 Å². The topological polar surface area (TPSA) is 72.3 Å². The predicted molar refractivity (Wildman–Crippen MR) is 83.8 cm³/mol. The summed E-state index contributed by atoms with van der Waals surface area (Å²) in [7, 11) is 0. The zero-order valence-electron chi connectivity index (χ0n) is 12.4. The Bertz CT molecular complexity index is 479. The van der Waals surface area contributed by atoms with Gasteiger partial charge in [0.1, 0.15) is 0 Å². The Kier molecular flexibility index (Phi) is 4.53. The Morgan fingerprint density at radius 1 is 1.35 bits per heavy atom. The molecule has 1 amide bonds. The van der Waals surface area contributed by atoms with Crippen LogP contribution in [-0.2, 0) is 0 Å². The highest BCUT2D eigenvalue weighted by molar-refractivity contribution is 6.01. The van der Waals surface area contributed by atoms with Crippen LogP contribution in [0.5, 0.6) is 0 Å². The number of nitrogens with two attached hydrogens (primary N) is 2. The van der Waals surface area contributed by atoms with Gasteiger partial charge in [0.2, 0.25) is 0 Å². The average molecular weight is 275 g/mol. The van der Waals surface area contributed by atoms with E-state index in [1.165, 1.54) is 25.7 Å². The number of carbonyl (C=O) groups is 1. The Labute approximate surface area is 121 Å². The molecule has 1 fully saturated rings. The van der Waals surface area contributed by atoms with Gasteiger partial charge in [0.25, 0.3) is 5.91 Å². The minimum Gasteiger partial charge on any atom is -0.397 e. The minimum atomic E-state index is -0.404. The van der Waals surface area contributed by atoms with E-state index in [4.69, 9.17) is 11.5 Å². The van der Waals surface area contributed by atoms with Crippen LogP contribution in [0.2, 0.25) is 0 Å². The highest BCUT2D eigenvalue weighted by atomic mass is 16.1. The van der Waals surface area contributed by atoms with Crippen molar-refractivity contribution < 1.29 is 4.79 Å². The Balaban J connectivity index is 2.44. The first-order chi connectivity index (χ1) is 9.50. The number of para-hydroxylation sites is 1. The molecule has 1 saturated carbocycles. The maximum absolute atomic E-state index is 11.7. The number of amides is 1. The van der Waals surface area contributed by atoms with Crippen molar-refractivity contribution in [1.82, 2.24) is 0 Å². The van der Waals surface area contributed by atoms with Gasteiger partial charge in [-0.05, 0) is 30.9 Å². The van der Waals surface area contributed by atoms with Crippen LogP contribution in [0.4, 0.5) is 11.4 Å². The van der Waals surface area contributed by atoms with E-state index in [1.54, 1.807) is 12.1 Å². The van der Waals surface area contributed by atoms with Crippen molar-refractivity contribution in [2.45, 2.75) is 45.6 Å². The lowest BCUT2D eigenvalue weighted by atomic mass is 10.0. The molecule has 4 N–H and O–H groups in total. The monoisotopic (exact) mass is 275 g/mol. The first kappa shape index (κ1) is 14.7. The number of anilines is 2. The van der Waals surface area contributed by atoms with Crippen molar-refractivity contribution in [3.63, 3.8) is 0 Å². The standard InChI is InChI=1S/C16H25N3O/c1-11(2)10-19(12-6-3-4-7-12)15-13(16(18)20)8-5-9-14(15)17/h5,8-9,11-12H,3-4,6-7,10,17H2,1-2H3,(H2,18,20). The van der Waals surface area contributed by atoms with Crippen LogP contribution in [0, 0.1) is 5.92 Å². The molecule has 2 rings (SSSR count). The number of primary amides is 1. The van der Waals surface area contributed by atoms with Gasteiger partial charge in [0, 0.05) is 12.6 Å². The van der Waals surface area contributed by atoms with Crippen molar-refractivity contribution in [2.24, 2.45) is 11.7 Å². The molecule has 0 aliphatic heterocycles. The van der Waals surface area contributed by atoms with Crippen LogP contribution in [0.1, 0.15) is 49.9 Å². The van der Waals surface area contributed by atoms with Crippen LogP contribution in [0.15, 0.2) is 18.2 Å². The van der Waals surface area contributed by atoms with Gasteiger partial charge in [-0.25, -0.2) is 0 Å². The van der Waals surface area contributed by atoms with Crippen molar-refractivity contribution in [1.29, 1.82) is 0 Å². The van der Waals surface area contributed by atoms with Gasteiger partial charge in [-0.2, -0.15) is 0 Å². The van der Waals surface area contributed by atoms with Crippen LogP contribution in [0.25, 0.3) is 0 Å². The molecule has 0 heterocycles. The molecule has 1 aliphatic rings. The Hall–Kier alpha value is -1.71. The van der Waals surface area contributed by atoms with Crippen molar-refractivity contribution in [2.75, 3.05) is 17.2 Å². The quantitative estimate of drug-likeness (QED) is 0.812. The molecular weight excluding hydrogens is 250 g/mol. The average Bonchev–Trinajstić information content (AvgIpc) is 2.89. The Morgan fingerprint density at radius 3 is 2.55 bits per heavy atom. The molecule has 0 atom stereocenters. The number of hydrogen-bond acceptors (Lipinski definition) is 3. The summed E-state index contributed by atoms with van der Waals surface area (Å²) in [5.74, 6) is 0.106. The summed E-state index contributed by atoms with van der Waals surface area (Å²) in [6.45, 7) is 5.27. The third-order valence-corrected chi connectivity index (χ3v) is 3.95. The lowest BCUT2D eigenvalue weighted by Gasteiger charge is -2.34. The molecule has 0 aromatic heterocycles. The summed E-state index contributed by atoms with van der Waals surface area (Å²) >= 11 is 0. The van der Waals surface area contributed by atoms with Crippen molar-refractivity contribution in [3.8, 4) is 0 Å². The SMILES string of the molecule is CC(C)CN(c1c(N)cccc1C(N)=O)C1CCCC1. The van der Waals surface area contributed by atoms with Crippen LogP contribution in [0.3, 0.4) is 0 Å². The second kappa shape index (κ2) is 6.16. The summed E-state index contributed by atoms with van der Waals surface area (Å²) < 4.78 is 0. The van der Waals surface area contributed by atoms with Gasteiger partial charge < -0.3 is 16.4 Å². The molecule has 4 nitrogen and oxygen atoms in total. The van der Waals surface area contributed by atoms with Crippen molar-refractivity contribution >= 4 is 17.3 Å². The molecule has 0 spiro atoms. The number of carbonyl (C=O) groups excluding carboxylic acids is 1. The van der Waals surface area contributed by atoms with Gasteiger partial charge in [-0.1, -0.05) is 32.8 Å². The molecule has 0 bridgehead atoms. The molecule has 1 aromatic rings. The number of nitrogen functional groups attached to an aromatic ring is 1. The first-order valence-electron chi connectivity index (χ1n) is 7.45. The first-order valence-corrected chi connectivity index (χ1v) is 7.45. The van der Waals surface area contributed by atoms with Gasteiger partial charge in [0.05, 0.1) is 16.9 Å². The van der Waals surface area contributed by atoms with E-state index in [2.05, 4.69) is 18.7 Å². The fraction of sp³-hybridized carbons (Fsp3) is 0.562. The molecule has 0 radical (unpaired) electrons. The second-order valence-corrected chi connectivity index (χ2v) is 6.09. The fourth-order valence-electron chi connectivity index (χ4n) is 3.11. The molecule has 1 aliphatic carbocycles. The third-order valence-electron chi connectivity index (χ3n) is 3.95. The second-order valence-electron chi connectivity index (χ2n) is 6.09. The zero-order valence-corrected chi connectivity index (χ0v) is 12.4. The summed E-state index contributed by atoms with van der Waals surface area (Å²) in [5.41, 5.74) is 13.7. The number of nitrogens with zero attached hydrogens (tertiary/aromatic N) is 1. The van der Waals surface area contributed by atoms with E-state index >= 15 is 0 Å². The van der Waals surface area contributed by atoms with Crippen LogP contribution < -0.4 is 16.4 Å². The summed E-state index contributed by atoms with van der Waals surface area (Å²) in [4.78, 5) is 14.0. The zero-order chi connectivity index (χ0) is 14.7. The summed E-state index contributed by atoms with van der Waals surface area (Å²) in [5, 5.41) is 0. The number of rotatable bonds is 5. The van der Waals surface area contributed by atoms with Crippen LogP contribution >= 0.6 is 0 Å². The molecule has 0 unspecified atom stereocenters. The van der Waals surface area contributed by atoms with Gasteiger partial charge >= 0.3 is 0 Å². The lowest BCUT2D eigenvalue weighted by molar-refractivity contribution is 0.100. The number of hydrogen-bond donors (Lipinski definition) is 2. The Morgan fingerprint density at radius 2 is 2.00 bits per heavy atom. The predicted octanol–water partition coefficient (Wildman–Crippen LogP) is 2.77. The van der Waals surface area contributed by atoms with Gasteiger partial charge in [-0.3, -0.25) is 4.79 Å². The molecule has 1 aromatic carbocycles. The third kappa shape index (κ3) is 3.06. The molecule has 4 heteroatoms. The van der Waals surface area contributed by atoms with E-state index in [0.717, 1.165) is 12.2 Å². The largest absolute Gasteiger partial charge is 0.397 e. The van der Waals surface area contributed by atoms with Crippen LogP contribution in [-0.4, -0.2) is 18.5 Å². The maximum Gasteiger partial charge on any atom is 0.250 e. The maximum atomic E-state index is 11.7. The molecule has 0 saturated heterocycles. The minimum absolute atomic E-state index is 0.404. The lowest BCUT2D eigenvalue weighted by Crippen LogP contribution is -2.38. The van der Waals surface area contributed by atoms with E-state index in [-0.39, 0.29) is 0 Å². The van der Waals surface area contributed by atoms with E-state index in [0.29, 0.717) is 23.2 Å². The molecular formula is C16H25N3O. The van der Waals surface area contributed by atoms with E-state index in [1.807, 2.05) is 6.07 Å². The normalized spacial score (nSPS) is 15.8.